The Morgan fingerprint density at radius 2 is 2.12 bits per heavy atom. The number of anilines is 1. The highest BCUT2D eigenvalue weighted by molar-refractivity contribution is 5.74. The van der Waals surface area contributed by atoms with Gasteiger partial charge in [0.25, 0.3) is 11.9 Å². The Balaban J connectivity index is 2.10. The molecule has 4 nitrogen and oxygen atoms in total. The number of para-hydroxylation sites is 2. The molecule has 0 fully saturated rings. The summed E-state index contributed by atoms with van der Waals surface area (Å²) in [6, 6.07) is 6.97. The van der Waals surface area contributed by atoms with Crippen LogP contribution in [0.2, 0.25) is 0 Å². The Morgan fingerprint density at radius 1 is 1.38 bits per heavy atom. The molecule has 0 saturated carbocycles. The quantitative estimate of drug-likeness (QED) is 0.838. The second-order valence-electron chi connectivity index (χ2n) is 3.35. The molecule has 0 radical (unpaired) electrons. The zero-order valence-electron chi connectivity index (χ0n) is 8.28. The lowest BCUT2D eigenvalue weighted by atomic mass is 10.3. The summed E-state index contributed by atoms with van der Waals surface area (Å²) in [5, 5.41) is 10.7. The summed E-state index contributed by atoms with van der Waals surface area (Å²) >= 11 is 0. The van der Waals surface area contributed by atoms with Crippen molar-refractivity contribution in [2.75, 3.05) is 18.5 Å². The molecule has 16 heavy (non-hydrogen) atoms. The second-order valence-corrected chi connectivity index (χ2v) is 3.35. The zero-order valence-corrected chi connectivity index (χ0v) is 8.28. The number of aliphatic hydroxyl groups is 1. The third-order valence-electron chi connectivity index (χ3n) is 2.02. The highest BCUT2D eigenvalue weighted by atomic mass is 19.3. The lowest BCUT2D eigenvalue weighted by Crippen LogP contribution is -2.31. The molecule has 2 N–H and O–H groups in total. The van der Waals surface area contributed by atoms with Gasteiger partial charge >= 0.3 is 0 Å². The van der Waals surface area contributed by atoms with Crippen LogP contribution in [0.3, 0.4) is 0 Å². The largest absolute Gasteiger partial charge is 0.424 e. The molecule has 0 bridgehead atoms. The molecule has 86 valence electrons. The summed E-state index contributed by atoms with van der Waals surface area (Å²) in [6.45, 7) is -1.92. The van der Waals surface area contributed by atoms with Gasteiger partial charge in [-0.25, -0.2) is 8.78 Å². The van der Waals surface area contributed by atoms with E-state index in [4.69, 9.17) is 9.52 Å². The molecular weight excluding hydrogens is 218 g/mol. The van der Waals surface area contributed by atoms with Gasteiger partial charge in [-0.05, 0) is 12.1 Å². The maximum atomic E-state index is 12.7. The highest BCUT2D eigenvalue weighted by Crippen LogP contribution is 2.19. The van der Waals surface area contributed by atoms with E-state index in [1.165, 1.54) is 0 Å². The van der Waals surface area contributed by atoms with Crippen molar-refractivity contribution in [2.45, 2.75) is 5.92 Å². The predicted octanol–water partition coefficient (Wildman–Crippen LogP) is 1.87. The zero-order chi connectivity index (χ0) is 11.6. The van der Waals surface area contributed by atoms with Crippen molar-refractivity contribution < 1.29 is 18.3 Å². The number of hydrogen-bond donors (Lipinski definition) is 2. The van der Waals surface area contributed by atoms with E-state index < -0.39 is 19.1 Å². The number of hydrogen-bond acceptors (Lipinski definition) is 4. The molecule has 1 heterocycles. The summed E-state index contributed by atoms with van der Waals surface area (Å²) in [6.07, 6.45) is 0. The van der Waals surface area contributed by atoms with Gasteiger partial charge in [-0.1, -0.05) is 12.1 Å². The van der Waals surface area contributed by atoms with Gasteiger partial charge in [-0.3, -0.25) is 0 Å². The molecule has 0 unspecified atom stereocenters. The molecule has 0 amide bonds. The molecule has 0 aliphatic rings. The fourth-order valence-electron chi connectivity index (χ4n) is 1.21. The van der Waals surface area contributed by atoms with Crippen LogP contribution < -0.4 is 5.32 Å². The van der Waals surface area contributed by atoms with Crippen molar-refractivity contribution in [3.8, 4) is 0 Å². The molecular formula is C10H10F2N2O2. The summed E-state index contributed by atoms with van der Waals surface area (Å²) in [4.78, 5) is 3.96. The van der Waals surface area contributed by atoms with Crippen LogP contribution in [0, 0.1) is 0 Å². The second kappa shape index (κ2) is 4.05. The van der Waals surface area contributed by atoms with Crippen LogP contribution in [-0.2, 0) is 0 Å². The molecule has 1 aromatic heterocycles. The molecule has 2 aromatic rings. The number of rotatable bonds is 4. The third-order valence-corrected chi connectivity index (χ3v) is 2.02. The van der Waals surface area contributed by atoms with E-state index in [0.717, 1.165) is 0 Å². The van der Waals surface area contributed by atoms with Crippen LogP contribution in [-0.4, -0.2) is 29.2 Å². The minimum absolute atomic E-state index is 0.0225. The van der Waals surface area contributed by atoms with Crippen molar-refractivity contribution in [1.29, 1.82) is 0 Å². The Morgan fingerprint density at radius 3 is 2.81 bits per heavy atom. The van der Waals surface area contributed by atoms with Gasteiger partial charge in [-0.2, -0.15) is 4.98 Å². The highest BCUT2D eigenvalue weighted by Gasteiger charge is 2.27. The van der Waals surface area contributed by atoms with Crippen molar-refractivity contribution in [3.63, 3.8) is 0 Å². The van der Waals surface area contributed by atoms with E-state index >= 15 is 0 Å². The smallest absolute Gasteiger partial charge is 0.295 e. The van der Waals surface area contributed by atoms with Gasteiger partial charge in [0, 0.05) is 0 Å². The Kier molecular flexibility index (Phi) is 2.74. The number of benzene rings is 1. The first-order valence-corrected chi connectivity index (χ1v) is 4.69. The van der Waals surface area contributed by atoms with Gasteiger partial charge in [0.1, 0.15) is 12.1 Å². The molecule has 0 saturated heterocycles. The number of aliphatic hydroxyl groups excluding tert-OH is 1. The van der Waals surface area contributed by atoms with E-state index in [1.54, 1.807) is 24.3 Å². The predicted molar refractivity (Wildman–Crippen MR) is 54.5 cm³/mol. The van der Waals surface area contributed by atoms with Gasteiger partial charge in [0.2, 0.25) is 0 Å². The van der Waals surface area contributed by atoms with Crippen LogP contribution in [0.4, 0.5) is 14.8 Å². The van der Waals surface area contributed by atoms with E-state index in [2.05, 4.69) is 10.3 Å². The summed E-state index contributed by atoms with van der Waals surface area (Å²) in [5.74, 6) is -3.18. The minimum Gasteiger partial charge on any atom is -0.424 e. The lowest BCUT2D eigenvalue weighted by Gasteiger charge is -2.12. The molecule has 1 aromatic carbocycles. The van der Waals surface area contributed by atoms with Crippen molar-refractivity contribution in [2.24, 2.45) is 0 Å². The SMILES string of the molecule is OCC(F)(F)CNc1nc2ccccc2o1. The standard InChI is InChI=1S/C10H10F2N2O2/c11-10(12,6-15)5-13-9-14-7-3-1-2-4-8(7)16-9/h1-4,15H,5-6H2,(H,13,14). The van der Waals surface area contributed by atoms with Gasteiger partial charge in [0.15, 0.2) is 5.58 Å². The average molecular weight is 228 g/mol. The van der Waals surface area contributed by atoms with E-state index in [1.807, 2.05) is 0 Å². The van der Waals surface area contributed by atoms with Gasteiger partial charge < -0.3 is 14.8 Å². The Labute approximate surface area is 89.9 Å². The van der Waals surface area contributed by atoms with Crippen molar-refractivity contribution in [1.82, 2.24) is 4.98 Å². The van der Waals surface area contributed by atoms with Crippen LogP contribution in [0.25, 0.3) is 11.1 Å². The van der Waals surface area contributed by atoms with E-state index in [9.17, 15) is 8.78 Å². The number of fused-ring (bicyclic) bond motifs is 1. The fourth-order valence-corrected chi connectivity index (χ4v) is 1.21. The van der Waals surface area contributed by atoms with Gasteiger partial charge in [0.05, 0.1) is 6.54 Å². The molecule has 0 aliphatic heterocycles. The number of oxazole rings is 1. The number of nitrogens with one attached hydrogen (secondary N) is 1. The maximum absolute atomic E-state index is 12.7. The van der Waals surface area contributed by atoms with Crippen molar-refractivity contribution >= 4 is 17.1 Å². The van der Waals surface area contributed by atoms with Gasteiger partial charge in [-0.15, -0.1) is 0 Å². The van der Waals surface area contributed by atoms with E-state index in [0.29, 0.717) is 11.1 Å². The third kappa shape index (κ3) is 2.27. The molecule has 6 heteroatoms. The van der Waals surface area contributed by atoms with Crippen LogP contribution in [0.5, 0.6) is 0 Å². The number of halogens is 2. The molecule has 0 spiro atoms. The minimum atomic E-state index is -3.18. The monoisotopic (exact) mass is 228 g/mol. The summed E-state index contributed by atoms with van der Waals surface area (Å²) in [5.41, 5.74) is 1.12. The Bertz CT molecular complexity index is 451. The Hall–Kier alpha value is -1.69. The van der Waals surface area contributed by atoms with Crippen LogP contribution >= 0.6 is 0 Å². The first-order chi connectivity index (χ1) is 7.61. The summed E-state index contributed by atoms with van der Waals surface area (Å²) < 4.78 is 30.6. The molecule has 2 rings (SSSR count). The fraction of sp³-hybridized carbons (Fsp3) is 0.300. The number of alkyl halides is 2. The lowest BCUT2D eigenvalue weighted by molar-refractivity contribution is -0.0376. The van der Waals surface area contributed by atoms with Crippen molar-refractivity contribution in [3.05, 3.63) is 24.3 Å². The molecule has 0 aliphatic carbocycles. The maximum Gasteiger partial charge on any atom is 0.295 e. The average Bonchev–Trinajstić information content (AvgIpc) is 2.69. The van der Waals surface area contributed by atoms with Crippen LogP contribution in [0.1, 0.15) is 0 Å². The van der Waals surface area contributed by atoms with E-state index in [-0.39, 0.29) is 6.01 Å². The first kappa shape index (κ1) is 10.8. The van der Waals surface area contributed by atoms with Crippen LogP contribution in [0.15, 0.2) is 28.7 Å². The number of nitrogens with zero attached hydrogens (tertiary/aromatic N) is 1. The molecule has 0 atom stereocenters. The topological polar surface area (TPSA) is 58.3 Å². The summed E-state index contributed by atoms with van der Waals surface area (Å²) in [7, 11) is 0. The number of aromatic nitrogens is 1. The first-order valence-electron chi connectivity index (χ1n) is 4.69. The normalized spacial score (nSPS) is 11.9.